The Kier molecular flexibility index (Phi) is 3.94. The highest BCUT2D eigenvalue weighted by atomic mass is 79.9. The minimum absolute atomic E-state index is 0.547. The van der Waals surface area contributed by atoms with Crippen LogP contribution in [-0.4, -0.2) is 9.81 Å². The van der Waals surface area contributed by atoms with Crippen molar-refractivity contribution in [3.05, 3.63) is 42.1 Å². The minimum Gasteiger partial charge on any atom is -0.253 e. The van der Waals surface area contributed by atoms with Crippen molar-refractivity contribution in [1.82, 2.24) is 4.98 Å². The SMILES string of the molecule is CCCC(Br)Cc1ccc2ccccc2n1. The maximum absolute atomic E-state index is 4.67. The Balaban J connectivity index is 2.19. The first kappa shape index (κ1) is 11.6. The summed E-state index contributed by atoms with van der Waals surface area (Å²) in [5.74, 6) is 0. The molecule has 0 saturated heterocycles. The van der Waals surface area contributed by atoms with E-state index in [2.05, 4.69) is 52.1 Å². The molecule has 0 aliphatic carbocycles. The molecule has 1 heterocycles. The molecular weight excluding hydrogens is 262 g/mol. The number of fused-ring (bicyclic) bond motifs is 1. The number of para-hydroxylation sites is 1. The van der Waals surface area contributed by atoms with Gasteiger partial charge in [0.25, 0.3) is 0 Å². The fourth-order valence-corrected chi connectivity index (χ4v) is 2.65. The maximum atomic E-state index is 4.67. The third-order valence-corrected chi connectivity index (χ3v) is 3.47. The second kappa shape index (κ2) is 5.44. The first-order valence-electron chi connectivity index (χ1n) is 5.78. The molecule has 0 aliphatic heterocycles. The lowest BCUT2D eigenvalue weighted by Crippen LogP contribution is -2.03. The van der Waals surface area contributed by atoms with Crippen molar-refractivity contribution < 1.29 is 0 Å². The number of hydrogen-bond donors (Lipinski definition) is 0. The lowest BCUT2D eigenvalue weighted by molar-refractivity contribution is 0.736. The second-order valence-corrected chi connectivity index (χ2v) is 5.38. The standard InChI is InChI=1S/C14H16BrN/c1-2-5-12(15)10-13-9-8-11-6-3-4-7-14(11)16-13/h3-4,6-9,12H,2,5,10H2,1H3. The van der Waals surface area contributed by atoms with Crippen LogP contribution in [-0.2, 0) is 6.42 Å². The van der Waals surface area contributed by atoms with Gasteiger partial charge in [0.2, 0.25) is 0 Å². The van der Waals surface area contributed by atoms with E-state index in [4.69, 9.17) is 0 Å². The predicted molar refractivity (Wildman–Crippen MR) is 73.1 cm³/mol. The number of alkyl halides is 1. The molecule has 1 aromatic carbocycles. The van der Waals surface area contributed by atoms with Gasteiger partial charge in [0.05, 0.1) is 5.52 Å². The van der Waals surface area contributed by atoms with Crippen molar-refractivity contribution in [2.24, 2.45) is 0 Å². The van der Waals surface area contributed by atoms with Crippen LogP contribution in [0.1, 0.15) is 25.5 Å². The number of hydrogen-bond acceptors (Lipinski definition) is 1. The Labute approximate surface area is 105 Å². The molecule has 0 amide bonds. The molecule has 1 unspecified atom stereocenters. The molecule has 1 nitrogen and oxygen atoms in total. The van der Waals surface area contributed by atoms with Gasteiger partial charge in [0.15, 0.2) is 0 Å². The van der Waals surface area contributed by atoms with Crippen LogP contribution in [0.2, 0.25) is 0 Å². The third kappa shape index (κ3) is 2.82. The van der Waals surface area contributed by atoms with E-state index in [-0.39, 0.29) is 0 Å². The van der Waals surface area contributed by atoms with Gasteiger partial charge < -0.3 is 0 Å². The van der Waals surface area contributed by atoms with Crippen molar-refractivity contribution in [2.75, 3.05) is 0 Å². The van der Waals surface area contributed by atoms with Gasteiger partial charge in [-0.3, -0.25) is 4.98 Å². The zero-order valence-electron chi connectivity index (χ0n) is 9.49. The van der Waals surface area contributed by atoms with Crippen molar-refractivity contribution >= 4 is 26.8 Å². The molecule has 84 valence electrons. The van der Waals surface area contributed by atoms with Gasteiger partial charge in [-0.2, -0.15) is 0 Å². The summed E-state index contributed by atoms with van der Waals surface area (Å²) in [7, 11) is 0. The van der Waals surface area contributed by atoms with Gasteiger partial charge in [-0.1, -0.05) is 53.5 Å². The van der Waals surface area contributed by atoms with Gasteiger partial charge in [0.1, 0.15) is 0 Å². The molecule has 16 heavy (non-hydrogen) atoms. The van der Waals surface area contributed by atoms with E-state index in [1.54, 1.807) is 0 Å². The van der Waals surface area contributed by atoms with Crippen LogP contribution in [0.15, 0.2) is 36.4 Å². The van der Waals surface area contributed by atoms with Crippen molar-refractivity contribution in [2.45, 2.75) is 31.0 Å². The summed E-state index contributed by atoms with van der Waals surface area (Å²) in [6, 6.07) is 12.5. The molecule has 0 saturated carbocycles. The van der Waals surface area contributed by atoms with Crippen LogP contribution in [0.3, 0.4) is 0 Å². The Bertz CT molecular complexity index is 467. The fourth-order valence-electron chi connectivity index (χ4n) is 1.86. The monoisotopic (exact) mass is 277 g/mol. The highest BCUT2D eigenvalue weighted by Gasteiger charge is 2.05. The summed E-state index contributed by atoms with van der Waals surface area (Å²) >= 11 is 3.70. The zero-order chi connectivity index (χ0) is 11.4. The number of halogens is 1. The number of pyridine rings is 1. The summed E-state index contributed by atoms with van der Waals surface area (Å²) in [5, 5.41) is 1.22. The van der Waals surface area contributed by atoms with Gasteiger partial charge in [-0.15, -0.1) is 0 Å². The van der Waals surface area contributed by atoms with Crippen molar-refractivity contribution in [3.63, 3.8) is 0 Å². The third-order valence-electron chi connectivity index (χ3n) is 2.69. The highest BCUT2D eigenvalue weighted by molar-refractivity contribution is 9.09. The first-order valence-corrected chi connectivity index (χ1v) is 6.70. The number of benzene rings is 1. The van der Waals surface area contributed by atoms with E-state index >= 15 is 0 Å². The highest BCUT2D eigenvalue weighted by Crippen LogP contribution is 2.17. The normalized spacial score (nSPS) is 12.9. The van der Waals surface area contributed by atoms with Gasteiger partial charge in [0, 0.05) is 22.3 Å². The van der Waals surface area contributed by atoms with E-state index in [9.17, 15) is 0 Å². The Hall–Kier alpha value is -0.890. The van der Waals surface area contributed by atoms with E-state index in [0.717, 1.165) is 11.9 Å². The average Bonchev–Trinajstić information content (AvgIpc) is 2.29. The predicted octanol–water partition coefficient (Wildman–Crippen LogP) is 4.34. The molecule has 0 aliphatic rings. The van der Waals surface area contributed by atoms with Gasteiger partial charge in [-0.05, 0) is 18.6 Å². The smallest absolute Gasteiger partial charge is 0.0705 e. The van der Waals surface area contributed by atoms with Gasteiger partial charge >= 0.3 is 0 Å². The van der Waals surface area contributed by atoms with Gasteiger partial charge in [-0.25, -0.2) is 0 Å². The number of rotatable bonds is 4. The van der Waals surface area contributed by atoms with E-state index in [1.165, 1.54) is 23.9 Å². The van der Waals surface area contributed by atoms with Crippen LogP contribution < -0.4 is 0 Å². The van der Waals surface area contributed by atoms with Crippen LogP contribution >= 0.6 is 15.9 Å². The Morgan fingerprint density at radius 3 is 2.81 bits per heavy atom. The molecular formula is C14H16BrN. The first-order chi connectivity index (χ1) is 7.79. The molecule has 2 aromatic rings. The van der Waals surface area contributed by atoms with Crippen LogP contribution in [0.5, 0.6) is 0 Å². The van der Waals surface area contributed by atoms with E-state index in [1.807, 2.05) is 12.1 Å². The second-order valence-electron chi connectivity index (χ2n) is 4.09. The molecule has 0 radical (unpaired) electrons. The summed E-state index contributed by atoms with van der Waals surface area (Å²) in [4.78, 5) is 5.21. The molecule has 2 heteroatoms. The zero-order valence-corrected chi connectivity index (χ0v) is 11.1. The van der Waals surface area contributed by atoms with E-state index < -0.39 is 0 Å². The van der Waals surface area contributed by atoms with E-state index in [0.29, 0.717) is 4.83 Å². The molecule has 0 fully saturated rings. The van der Waals surface area contributed by atoms with Crippen LogP contribution in [0.4, 0.5) is 0 Å². The van der Waals surface area contributed by atoms with Crippen LogP contribution in [0, 0.1) is 0 Å². The van der Waals surface area contributed by atoms with Crippen molar-refractivity contribution in [1.29, 1.82) is 0 Å². The lowest BCUT2D eigenvalue weighted by Gasteiger charge is -2.08. The molecule has 0 spiro atoms. The summed E-state index contributed by atoms with van der Waals surface area (Å²) < 4.78 is 0. The Morgan fingerprint density at radius 1 is 1.19 bits per heavy atom. The molecule has 0 N–H and O–H groups in total. The molecule has 1 atom stereocenters. The molecule has 2 rings (SSSR count). The fraction of sp³-hybridized carbons (Fsp3) is 0.357. The summed E-state index contributed by atoms with van der Waals surface area (Å²) in [6.07, 6.45) is 3.43. The van der Waals surface area contributed by atoms with Crippen molar-refractivity contribution in [3.8, 4) is 0 Å². The van der Waals surface area contributed by atoms with Crippen LogP contribution in [0.25, 0.3) is 10.9 Å². The maximum Gasteiger partial charge on any atom is 0.0705 e. The largest absolute Gasteiger partial charge is 0.253 e. The summed E-state index contributed by atoms with van der Waals surface area (Å²) in [6.45, 7) is 2.21. The minimum atomic E-state index is 0.547. The topological polar surface area (TPSA) is 12.9 Å². The molecule has 0 bridgehead atoms. The number of nitrogens with zero attached hydrogens (tertiary/aromatic N) is 1. The number of aromatic nitrogens is 1. The quantitative estimate of drug-likeness (QED) is 0.758. The Morgan fingerprint density at radius 2 is 2.00 bits per heavy atom. The average molecular weight is 278 g/mol. The summed E-state index contributed by atoms with van der Waals surface area (Å²) in [5.41, 5.74) is 2.27. The lowest BCUT2D eigenvalue weighted by atomic mass is 10.1. The molecule has 1 aromatic heterocycles.